The molecule has 1 aliphatic heterocycles. The fraction of sp³-hybridized carbons (Fsp3) is 0.391. The summed E-state index contributed by atoms with van der Waals surface area (Å²) in [5.74, 6) is 0. The third-order valence-electron chi connectivity index (χ3n) is 6.04. The van der Waals surface area contributed by atoms with Crippen molar-refractivity contribution in [3.63, 3.8) is 0 Å². The predicted molar refractivity (Wildman–Crippen MR) is 118 cm³/mol. The molecule has 1 aliphatic carbocycles. The van der Waals surface area contributed by atoms with Gasteiger partial charge in [-0.15, -0.1) is 0 Å². The molecule has 0 bridgehead atoms. The molecule has 1 aromatic heterocycles. The molecule has 156 valence electrons. The number of hydrogen-bond donors (Lipinski definition) is 3. The number of benzene rings is 2. The number of urea groups is 1. The van der Waals surface area contributed by atoms with Crippen LogP contribution in [0.5, 0.6) is 0 Å². The number of nitrogens with zero attached hydrogens (tertiary/aromatic N) is 2. The molecular formula is C23H27N5O2. The van der Waals surface area contributed by atoms with Gasteiger partial charge < -0.3 is 20.3 Å². The predicted octanol–water partition coefficient (Wildman–Crippen LogP) is 3.99. The number of anilines is 2. The van der Waals surface area contributed by atoms with E-state index in [0.717, 1.165) is 42.5 Å². The van der Waals surface area contributed by atoms with Crippen molar-refractivity contribution in [3.05, 3.63) is 53.7 Å². The molecule has 1 saturated heterocycles. The minimum absolute atomic E-state index is 0.0133. The SMILES string of the molecule is CC1CN(c2cccc3c2CCC3NC(=O)Nc2cccc3[nH]ncc23)CC(C)O1. The molecule has 2 heterocycles. The summed E-state index contributed by atoms with van der Waals surface area (Å²) in [5, 5.41) is 14.0. The van der Waals surface area contributed by atoms with Gasteiger partial charge in [-0.2, -0.15) is 5.10 Å². The molecule has 7 heteroatoms. The van der Waals surface area contributed by atoms with E-state index in [2.05, 4.69) is 57.8 Å². The van der Waals surface area contributed by atoms with Crippen LogP contribution in [0.15, 0.2) is 42.6 Å². The maximum absolute atomic E-state index is 12.7. The Morgan fingerprint density at radius 3 is 2.80 bits per heavy atom. The summed E-state index contributed by atoms with van der Waals surface area (Å²) in [5.41, 5.74) is 5.50. The van der Waals surface area contributed by atoms with Crippen LogP contribution in [0, 0.1) is 0 Å². The van der Waals surface area contributed by atoms with E-state index in [1.165, 1.54) is 16.8 Å². The van der Waals surface area contributed by atoms with Crippen LogP contribution in [0.1, 0.15) is 37.4 Å². The number of hydrogen-bond acceptors (Lipinski definition) is 4. The Balaban J connectivity index is 1.33. The van der Waals surface area contributed by atoms with Gasteiger partial charge in [0.2, 0.25) is 0 Å². The summed E-state index contributed by atoms with van der Waals surface area (Å²) in [7, 11) is 0. The Labute approximate surface area is 175 Å². The Hall–Kier alpha value is -3.06. The third kappa shape index (κ3) is 3.50. The summed E-state index contributed by atoms with van der Waals surface area (Å²) < 4.78 is 5.90. The summed E-state index contributed by atoms with van der Waals surface area (Å²) in [6, 6.07) is 12.0. The molecule has 30 heavy (non-hydrogen) atoms. The third-order valence-corrected chi connectivity index (χ3v) is 6.04. The first-order chi connectivity index (χ1) is 14.6. The van der Waals surface area contributed by atoms with E-state index in [1.807, 2.05) is 18.2 Å². The molecule has 3 aromatic rings. The highest BCUT2D eigenvalue weighted by molar-refractivity contribution is 6.00. The fourth-order valence-corrected chi connectivity index (χ4v) is 4.85. The monoisotopic (exact) mass is 405 g/mol. The van der Waals surface area contributed by atoms with Gasteiger partial charge in [-0.3, -0.25) is 5.10 Å². The lowest BCUT2D eigenvalue weighted by Crippen LogP contribution is -2.45. The number of H-pyrrole nitrogens is 1. The van der Waals surface area contributed by atoms with E-state index in [-0.39, 0.29) is 24.3 Å². The number of aromatic nitrogens is 2. The molecular weight excluding hydrogens is 378 g/mol. The van der Waals surface area contributed by atoms with Crippen LogP contribution in [0.3, 0.4) is 0 Å². The molecule has 0 saturated carbocycles. The van der Waals surface area contributed by atoms with Gasteiger partial charge in [0.15, 0.2) is 0 Å². The molecule has 3 unspecified atom stereocenters. The van der Waals surface area contributed by atoms with Gasteiger partial charge in [-0.05, 0) is 56.0 Å². The molecule has 7 nitrogen and oxygen atoms in total. The van der Waals surface area contributed by atoms with Crippen LogP contribution in [0.2, 0.25) is 0 Å². The fourth-order valence-electron chi connectivity index (χ4n) is 4.85. The van der Waals surface area contributed by atoms with E-state index in [9.17, 15) is 4.79 Å². The lowest BCUT2D eigenvalue weighted by atomic mass is 10.0. The summed E-state index contributed by atoms with van der Waals surface area (Å²) >= 11 is 0. The van der Waals surface area contributed by atoms with Crippen LogP contribution >= 0.6 is 0 Å². The Morgan fingerprint density at radius 2 is 1.97 bits per heavy atom. The Morgan fingerprint density at radius 1 is 1.17 bits per heavy atom. The second kappa shape index (κ2) is 7.65. The van der Waals surface area contributed by atoms with E-state index < -0.39 is 0 Å². The summed E-state index contributed by atoms with van der Waals surface area (Å²) in [6.07, 6.45) is 4.04. The molecule has 3 atom stereocenters. The summed E-state index contributed by atoms with van der Waals surface area (Å²) in [4.78, 5) is 15.2. The van der Waals surface area contributed by atoms with Crippen molar-refractivity contribution in [1.29, 1.82) is 0 Å². The van der Waals surface area contributed by atoms with Crippen molar-refractivity contribution >= 4 is 28.3 Å². The van der Waals surface area contributed by atoms with Gasteiger partial charge in [0.25, 0.3) is 0 Å². The number of amides is 2. The maximum Gasteiger partial charge on any atom is 0.319 e. The van der Waals surface area contributed by atoms with Crippen molar-refractivity contribution in [2.75, 3.05) is 23.3 Å². The summed E-state index contributed by atoms with van der Waals surface area (Å²) in [6.45, 7) is 6.05. The molecule has 5 rings (SSSR count). The van der Waals surface area contributed by atoms with Crippen molar-refractivity contribution in [2.45, 2.75) is 44.9 Å². The molecule has 2 aromatic carbocycles. The molecule has 0 radical (unpaired) electrons. The number of morpholine rings is 1. The first-order valence-electron chi connectivity index (χ1n) is 10.6. The normalized spacial score (nSPS) is 23.4. The largest absolute Gasteiger partial charge is 0.372 e. The number of carbonyl (C=O) groups excluding carboxylic acids is 1. The zero-order valence-electron chi connectivity index (χ0n) is 17.3. The van der Waals surface area contributed by atoms with Gasteiger partial charge in [-0.25, -0.2) is 4.79 Å². The molecule has 1 fully saturated rings. The molecule has 3 N–H and O–H groups in total. The maximum atomic E-state index is 12.7. The quantitative estimate of drug-likeness (QED) is 0.615. The van der Waals surface area contributed by atoms with Gasteiger partial charge >= 0.3 is 6.03 Å². The molecule has 2 aliphatic rings. The number of ether oxygens (including phenoxy) is 1. The van der Waals surface area contributed by atoms with E-state index in [4.69, 9.17) is 4.74 Å². The minimum Gasteiger partial charge on any atom is -0.372 e. The van der Waals surface area contributed by atoms with Gasteiger partial charge in [0.1, 0.15) is 0 Å². The van der Waals surface area contributed by atoms with Gasteiger partial charge in [-0.1, -0.05) is 18.2 Å². The average Bonchev–Trinajstić information content (AvgIpc) is 3.35. The lowest BCUT2D eigenvalue weighted by molar-refractivity contribution is -0.00525. The Bertz CT molecular complexity index is 1070. The number of rotatable bonds is 3. The van der Waals surface area contributed by atoms with Gasteiger partial charge in [0.05, 0.1) is 35.7 Å². The second-order valence-corrected chi connectivity index (χ2v) is 8.33. The number of fused-ring (bicyclic) bond motifs is 2. The topological polar surface area (TPSA) is 82.3 Å². The number of nitrogens with one attached hydrogen (secondary N) is 3. The highest BCUT2D eigenvalue weighted by atomic mass is 16.5. The van der Waals surface area contributed by atoms with Crippen molar-refractivity contribution in [3.8, 4) is 0 Å². The highest BCUT2D eigenvalue weighted by Gasteiger charge is 2.30. The number of aromatic amines is 1. The van der Waals surface area contributed by atoms with Crippen LogP contribution in [-0.4, -0.2) is 41.5 Å². The first kappa shape index (κ1) is 18.9. The van der Waals surface area contributed by atoms with Crippen LogP contribution < -0.4 is 15.5 Å². The second-order valence-electron chi connectivity index (χ2n) is 8.33. The lowest BCUT2D eigenvalue weighted by Gasteiger charge is -2.38. The number of carbonyl (C=O) groups is 1. The molecule has 2 amide bonds. The van der Waals surface area contributed by atoms with E-state index >= 15 is 0 Å². The minimum atomic E-state index is -0.194. The van der Waals surface area contributed by atoms with Crippen molar-refractivity contribution in [2.24, 2.45) is 0 Å². The zero-order chi connectivity index (χ0) is 20.7. The molecule has 0 spiro atoms. The zero-order valence-corrected chi connectivity index (χ0v) is 17.3. The van der Waals surface area contributed by atoms with Crippen molar-refractivity contribution < 1.29 is 9.53 Å². The van der Waals surface area contributed by atoms with Crippen molar-refractivity contribution in [1.82, 2.24) is 15.5 Å². The average molecular weight is 406 g/mol. The Kier molecular flexibility index (Phi) is 4.83. The first-order valence-corrected chi connectivity index (χ1v) is 10.6. The van der Waals surface area contributed by atoms with Crippen LogP contribution in [-0.2, 0) is 11.2 Å². The smallest absolute Gasteiger partial charge is 0.319 e. The standard InChI is InChI=1S/C23H27N5O2/c1-14-12-28(13-15(2)30-14)22-8-3-5-16-17(22)9-10-20(16)26-23(29)25-19-6-4-7-21-18(19)11-24-27-21/h3-8,11,14-15,20H,9-10,12-13H2,1-2H3,(H,24,27)(H2,25,26,29). The van der Waals surface area contributed by atoms with E-state index in [0.29, 0.717) is 0 Å². The van der Waals surface area contributed by atoms with Crippen LogP contribution in [0.25, 0.3) is 10.9 Å². The van der Waals surface area contributed by atoms with Crippen LogP contribution in [0.4, 0.5) is 16.2 Å². The van der Waals surface area contributed by atoms with Gasteiger partial charge in [0, 0.05) is 24.2 Å². The highest BCUT2D eigenvalue weighted by Crippen LogP contribution is 2.38. The van der Waals surface area contributed by atoms with E-state index in [1.54, 1.807) is 6.20 Å².